The molecule has 1 aromatic rings. The molecule has 1 aromatic carbocycles. The Morgan fingerprint density at radius 2 is 2.00 bits per heavy atom. The molecule has 2 heteroatoms. The Morgan fingerprint density at radius 1 is 1.33 bits per heavy atom. The second-order valence-electron chi connectivity index (χ2n) is 4.17. The Balaban J connectivity index is 2.95. The van der Waals surface area contributed by atoms with Gasteiger partial charge < -0.3 is 10.5 Å². The van der Waals surface area contributed by atoms with Crippen LogP contribution in [-0.2, 0) is 0 Å². The lowest BCUT2D eigenvalue weighted by Crippen LogP contribution is -2.14. The minimum atomic E-state index is 0.0176. The Bertz CT molecular complexity index is 320. The van der Waals surface area contributed by atoms with E-state index in [0.29, 0.717) is 0 Å². The highest BCUT2D eigenvalue weighted by atomic mass is 16.5. The van der Waals surface area contributed by atoms with Crippen LogP contribution in [0.25, 0.3) is 0 Å². The molecule has 0 fully saturated rings. The highest BCUT2D eigenvalue weighted by molar-refractivity contribution is 5.38. The summed E-state index contributed by atoms with van der Waals surface area (Å²) in [6.45, 7) is 8.24. The van der Waals surface area contributed by atoms with Crippen LogP contribution in [0.15, 0.2) is 18.2 Å². The van der Waals surface area contributed by atoms with Crippen molar-refractivity contribution < 1.29 is 4.74 Å². The van der Waals surface area contributed by atoms with E-state index in [0.717, 1.165) is 17.7 Å². The summed E-state index contributed by atoms with van der Waals surface area (Å²) in [4.78, 5) is 0. The van der Waals surface area contributed by atoms with Crippen LogP contribution in [0, 0.1) is 6.92 Å². The van der Waals surface area contributed by atoms with Gasteiger partial charge in [0.05, 0.1) is 6.10 Å². The molecule has 0 aromatic heterocycles. The molecule has 2 atom stereocenters. The molecule has 0 radical (unpaired) electrons. The molecule has 0 saturated heterocycles. The van der Waals surface area contributed by atoms with E-state index < -0.39 is 0 Å². The van der Waals surface area contributed by atoms with Crippen LogP contribution in [0.1, 0.15) is 44.4 Å². The lowest BCUT2D eigenvalue weighted by atomic mass is 10.1. The number of nitrogens with two attached hydrogens (primary N) is 1. The number of hydrogen-bond acceptors (Lipinski definition) is 2. The van der Waals surface area contributed by atoms with Crippen LogP contribution in [0.5, 0.6) is 5.75 Å². The van der Waals surface area contributed by atoms with E-state index in [1.54, 1.807) is 0 Å². The van der Waals surface area contributed by atoms with E-state index in [-0.39, 0.29) is 12.1 Å². The molecule has 2 nitrogen and oxygen atoms in total. The van der Waals surface area contributed by atoms with Crippen molar-refractivity contribution in [3.8, 4) is 5.75 Å². The highest BCUT2D eigenvalue weighted by Gasteiger charge is 2.10. The van der Waals surface area contributed by atoms with Crippen molar-refractivity contribution in [3.63, 3.8) is 0 Å². The van der Waals surface area contributed by atoms with Crippen molar-refractivity contribution in [1.29, 1.82) is 0 Å². The number of hydrogen-bond donors (Lipinski definition) is 1. The summed E-state index contributed by atoms with van der Waals surface area (Å²) < 4.78 is 5.83. The number of ether oxygens (including phenoxy) is 1. The van der Waals surface area contributed by atoms with Crippen molar-refractivity contribution in [3.05, 3.63) is 29.3 Å². The molecule has 15 heavy (non-hydrogen) atoms. The second kappa shape index (κ2) is 5.17. The minimum absolute atomic E-state index is 0.0176. The molecule has 0 bridgehead atoms. The minimum Gasteiger partial charge on any atom is -0.490 e. The van der Waals surface area contributed by atoms with Crippen LogP contribution in [-0.4, -0.2) is 6.10 Å². The van der Waals surface area contributed by atoms with Gasteiger partial charge in [0.1, 0.15) is 5.75 Å². The van der Waals surface area contributed by atoms with E-state index in [4.69, 9.17) is 10.5 Å². The van der Waals surface area contributed by atoms with Gasteiger partial charge in [0, 0.05) is 11.6 Å². The van der Waals surface area contributed by atoms with Crippen LogP contribution >= 0.6 is 0 Å². The molecule has 0 spiro atoms. The molecular formula is C13H21NO. The first-order valence-electron chi connectivity index (χ1n) is 5.57. The zero-order valence-electron chi connectivity index (χ0n) is 10.1. The Hall–Kier alpha value is -1.02. The lowest BCUT2D eigenvalue weighted by Gasteiger charge is -2.18. The quantitative estimate of drug-likeness (QED) is 0.823. The van der Waals surface area contributed by atoms with Crippen LogP contribution in [0.4, 0.5) is 0 Å². The third-order valence-corrected chi connectivity index (χ3v) is 2.56. The third kappa shape index (κ3) is 3.24. The van der Waals surface area contributed by atoms with Gasteiger partial charge in [0.25, 0.3) is 0 Å². The molecule has 0 aliphatic carbocycles. The van der Waals surface area contributed by atoms with Crippen molar-refractivity contribution in [1.82, 2.24) is 0 Å². The van der Waals surface area contributed by atoms with Gasteiger partial charge in [0.15, 0.2) is 0 Å². The Labute approximate surface area is 92.4 Å². The molecule has 0 saturated carbocycles. The van der Waals surface area contributed by atoms with Gasteiger partial charge in [-0.1, -0.05) is 24.6 Å². The molecule has 84 valence electrons. The Kier molecular flexibility index (Phi) is 4.15. The van der Waals surface area contributed by atoms with E-state index in [1.807, 2.05) is 13.0 Å². The van der Waals surface area contributed by atoms with Gasteiger partial charge in [-0.25, -0.2) is 0 Å². The summed E-state index contributed by atoms with van der Waals surface area (Å²) in [5.41, 5.74) is 8.23. The average Bonchev–Trinajstić information content (AvgIpc) is 2.20. The SMILES string of the molecule is CCC(C)Oc1ccc(C)cc1C(C)N. The van der Waals surface area contributed by atoms with E-state index in [9.17, 15) is 0 Å². The van der Waals surface area contributed by atoms with Crippen molar-refractivity contribution in [2.75, 3.05) is 0 Å². The normalized spacial score (nSPS) is 14.7. The fourth-order valence-electron chi connectivity index (χ4n) is 1.43. The summed E-state index contributed by atoms with van der Waals surface area (Å²) in [6, 6.07) is 6.19. The summed E-state index contributed by atoms with van der Waals surface area (Å²) in [6.07, 6.45) is 1.25. The Morgan fingerprint density at radius 3 is 2.53 bits per heavy atom. The maximum Gasteiger partial charge on any atom is 0.124 e. The molecule has 2 N–H and O–H groups in total. The standard InChI is InChI=1S/C13H21NO/c1-5-10(3)15-13-7-6-9(2)8-12(13)11(4)14/h6-8,10-11H,5,14H2,1-4H3. The van der Waals surface area contributed by atoms with Gasteiger partial charge in [-0.15, -0.1) is 0 Å². The lowest BCUT2D eigenvalue weighted by molar-refractivity contribution is 0.214. The number of aryl methyl sites for hydroxylation is 1. The summed E-state index contributed by atoms with van der Waals surface area (Å²) in [5.74, 6) is 0.921. The summed E-state index contributed by atoms with van der Waals surface area (Å²) in [5, 5.41) is 0. The van der Waals surface area contributed by atoms with Gasteiger partial charge >= 0.3 is 0 Å². The van der Waals surface area contributed by atoms with Crippen LogP contribution in [0.2, 0.25) is 0 Å². The number of benzene rings is 1. The molecule has 0 amide bonds. The van der Waals surface area contributed by atoms with Gasteiger partial charge in [-0.05, 0) is 33.3 Å². The van der Waals surface area contributed by atoms with E-state index >= 15 is 0 Å². The fourth-order valence-corrected chi connectivity index (χ4v) is 1.43. The van der Waals surface area contributed by atoms with E-state index in [2.05, 4.69) is 32.9 Å². The van der Waals surface area contributed by atoms with Crippen LogP contribution < -0.4 is 10.5 Å². The monoisotopic (exact) mass is 207 g/mol. The third-order valence-electron chi connectivity index (χ3n) is 2.56. The fraction of sp³-hybridized carbons (Fsp3) is 0.538. The molecule has 0 aliphatic rings. The molecule has 1 rings (SSSR count). The first-order valence-corrected chi connectivity index (χ1v) is 5.57. The van der Waals surface area contributed by atoms with Crippen LogP contribution in [0.3, 0.4) is 0 Å². The molecule has 0 heterocycles. The molecular weight excluding hydrogens is 186 g/mol. The van der Waals surface area contributed by atoms with Gasteiger partial charge in [0.2, 0.25) is 0 Å². The maximum atomic E-state index is 5.92. The van der Waals surface area contributed by atoms with Gasteiger partial charge in [-0.3, -0.25) is 0 Å². The highest BCUT2D eigenvalue weighted by Crippen LogP contribution is 2.26. The average molecular weight is 207 g/mol. The smallest absolute Gasteiger partial charge is 0.124 e. The summed E-state index contributed by atoms with van der Waals surface area (Å²) in [7, 11) is 0. The maximum absolute atomic E-state index is 5.92. The molecule has 2 unspecified atom stereocenters. The second-order valence-corrected chi connectivity index (χ2v) is 4.17. The largest absolute Gasteiger partial charge is 0.490 e. The number of rotatable bonds is 4. The van der Waals surface area contributed by atoms with Crippen molar-refractivity contribution >= 4 is 0 Å². The van der Waals surface area contributed by atoms with Crippen molar-refractivity contribution in [2.24, 2.45) is 5.73 Å². The predicted octanol–water partition coefficient (Wildman–Crippen LogP) is 3.19. The van der Waals surface area contributed by atoms with Gasteiger partial charge in [-0.2, -0.15) is 0 Å². The zero-order valence-corrected chi connectivity index (χ0v) is 10.1. The zero-order chi connectivity index (χ0) is 11.4. The summed E-state index contributed by atoms with van der Waals surface area (Å²) >= 11 is 0. The predicted molar refractivity (Wildman–Crippen MR) is 64.2 cm³/mol. The molecule has 0 aliphatic heterocycles. The topological polar surface area (TPSA) is 35.2 Å². The van der Waals surface area contributed by atoms with E-state index in [1.165, 1.54) is 5.56 Å². The van der Waals surface area contributed by atoms with Crippen molar-refractivity contribution in [2.45, 2.75) is 46.3 Å². The first kappa shape index (κ1) is 12.1. The first-order chi connectivity index (χ1) is 7.04.